The molecule has 1 aliphatic carbocycles. The summed E-state index contributed by atoms with van der Waals surface area (Å²) in [5.74, 6) is 0.189. The molecule has 0 spiro atoms. The van der Waals surface area contributed by atoms with Gasteiger partial charge in [0, 0.05) is 43.3 Å². The summed E-state index contributed by atoms with van der Waals surface area (Å²) in [6.07, 6.45) is 5.29. The minimum atomic E-state index is -0.0855. The van der Waals surface area contributed by atoms with E-state index in [1.165, 1.54) is 0 Å². The first-order valence-corrected chi connectivity index (χ1v) is 8.41. The lowest BCUT2D eigenvalue weighted by Crippen LogP contribution is -2.43. The lowest BCUT2D eigenvalue weighted by atomic mass is 9.85. The monoisotopic (exact) mass is 316 g/mol. The van der Waals surface area contributed by atoms with Crippen molar-refractivity contribution < 1.29 is 14.7 Å². The minimum absolute atomic E-state index is 0.0570. The van der Waals surface area contributed by atoms with Gasteiger partial charge in [-0.2, -0.15) is 0 Å². The van der Waals surface area contributed by atoms with Crippen molar-refractivity contribution in [2.75, 3.05) is 18.6 Å². The summed E-state index contributed by atoms with van der Waals surface area (Å²) in [5.41, 5.74) is 2.57. The van der Waals surface area contributed by atoms with Crippen molar-refractivity contribution in [3.8, 4) is 0 Å². The predicted molar refractivity (Wildman–Crippen MR) is 88.5 cm³/mol. The molecule has 2 aliphatic rings. The number of benzene rings is 1. The molecule has 5 heteroatoms. The molecule has 0 saturated heterocycles. The van der Waals surface area contributed by atoms with Crippen molar-refractivity contribution in [1.82, 2.24) is 5.32 Å². The fourth-order valence-electron chi connectivity index (χ4n) is 3.67. The molecular weight excluding hydrogens is 292 g/mol. The molecule has 5 nitrogen and oxygen atoms in total. The quantitative estimate of drug-likeness (QED) is 0.894. The van der Waals surface area contributed by atoms with Gasteiger partial charge in [-0.05, 0) is 43.0 Å². The molecule has 1 heterocycles. The molecule has 1 aromatic carbocycles. The van der Waals surface area contributed by atoms with Crippen molar-refractivity contribution >= 4 is 17.5 Å². The molecule has 1 aliphatic heterocycles. The van der Waals surface area contributed by atoms with Crippen LogP contribution in [0.5, 0.6) is 0 Å². The number of anilines is 1. The largest absolute Gasteiger partial charge is 0.396 e. The number of rotatable bonds is 3. The average molecular weight is 316 g/mol. The maximum absolute atomic E-state index is 12.5. The molecule has 23 heavy (non-hydrogen) atoms. The predicted octanol–water partition coefficient (Wildman–Crippen LogP) is 1.88. The topological polar surface area (TPSA) is 69.6 Å². The SMILES string of the molecule is CN1C(=O)CCc2cc(C(=O)NC3CCCCC3CO)ccc21. The van der Waals surface area contributed by atoms with Gasteiger partial charge in [0.2, 0.25) is 5.91 Å². The molecule has 2 amide bonds. The maximum atomic E-state index is 12.5. The van der Waals surface area contributed by atoms with E-state index in [1.54, 1.807) is 18.0 Å². The van der Waals surface area contributed by atoms with E-state index < -0.39 is 0 Å². The first-order chi connectivity index (χ1) is 11.1. The molecule has 1 fully saturated rings. The Hall–Kier alpha value is -1.88. The van der Waals surface area contributed by atoms with Gasteiger partial charge in [0.05, 0.1) is 0 Å². The van der Waals surface area contributed by atoms with Crippen LogP contribution >= 0.6 is 0 Å². The van der Waals surface area contributed by atoms with Gasteiger partial charge in [0.1, 0.15) is 0 Å². The summed E-state index contributed by atoms with van der Waals surface area (Å²) in [6, 6.07) is 5.58. The molecule has 2 N–H and O–H groups in total. The second-order valence-corrected chi connectivity index (χ2v) is 6.60. The van der Waals surface area contributed by atoms with Gasteiger partial charge in [-0.15, -0.1) is 0 Å². The summed E-state index contributed by atoms with van der Waals surface area (Å²) >= 11 is 0. The van der Waals surface area contributed by atoms with E-state index >= 15 is 0 Å². The molecule has 1 saturated carbocycles. The summed E-state index contributed by atoms with van der Waals surface area (Å²) < 4.78 is 0. The van der Waals surface area contributed by atoms with Gasteiger partial charge in [-0.3, -0.25) is 9.59 Å². The fraction of sp³-hybridized carbons (Fsp3) is 0.556. The lowest BCUT2D eigenvalue weighted by molar-refractivity contribution is -0.118. The van der Waals surface area contributed by atoms with Crippen LogP contribution in [-0.2, 0) is 11.2 Å². The molecule has 124 valence electrons. The second kappa shape index (κ2) is 6.71. The number of amides is 2. The average Bonchev–Trinajstić information content (AvgIpc) is 2.58. The van der Waals surface area contributed by atoms with Crippen LogP contribution in [0, 0.1) is 5.92 Å². The smallest absolute Gasteiger partial charge is 0.251 e. The molecule has 2 atom stereocenters. The molecule has 1 aromatic rings. The Morgan fingerprint density at radius 2 is 2.09 bits per heavy atom. The van der Waals surface area contributed by atoms with Crippen LogP contribution in [0.4, 0.5) is 5.69 Å². The van der Waals surface area contributed by atoms with Crippen LogP contribution in [0.15, 0.2) is 18.2 Å². The van der Waals surface area contributed by atoms with Gasteiger partial charge in [0.15, 0.2) is 0 Å². The number of carbonyl (C=O) groups excluding carboxylic acids is 2. The molecule has 3 rings (SSSR count). The number of aliphatic hydroxyl groups excluding tert-OH is 1. The fourth-order valence-corrected chi connectivity index (χ4v) is 3.67. The van der Waals surface area contributed by atoms with Crippen molar-refractivity contribution in [2.24, 2.45) is 5.92 Å². The number of hydrogen-bond donors (Lipinski definition) is 2. The van der Waals surface area contributed by atoms with E-state index in [4.69, 9.17) is 0 Å². The standard InChI is InChI=1S/C18H24N2O3/c1-20-16-8-6-13(10-12(16)7-9-17(20)22)18(23)19-15-5-3-2-4-14(15)11-21/h6,8,10,14-15,21H,2-5,7,9,11H2,1H3,(H,19,23). The molecule has 0 bridgehead atoms. The summed E-state index contributed by atoms with van der Waals surface area (Å²) in [4.78, 5) is 25.9. The highest BCUT2D eigenvalue weighted by Gasteiger charge is 2.27. The second-order valence-electron chi connectivity index (χ2n) is 6.60. The van der Waals surface area contributed by atoms with E-state index in [2.05, 4.69) is 5.32 Å². The number of fused-ring (bicyclic) bond motifs is 1. The Kier molecular flexibility index (Phi) is 4.66. The number of hydrogen-bond acceptors (Lipinski definition) is 3. The lowest BCUT2D eigenvalue weighted by Gasteiger charge is -2.31. The number of aryl methyl sites for hydroxylation is 1. The van der Waals surface area contributed by atoms with Crippen LogP contribution in [0.2, 0.25) is 0 Å². The highest BCUT2D eigenvalue weighted by atomic mass is 16.3. The van der Waals surface area contributed by atoms with Crippen molar-refractivity contribution in [3.05, 3.63) is 29.3 Å². The van der Waals surface area contributed by atoms with Gasteiger partial charge >= 0.3 is 0 Å². The van der Waals surface area contributed by atoms with Gasteiger partial charge < -0.3 is 15.3 Å². The minimum Gasteiger partial charge on any atom is -0.396 e. The van der Waals surface area contributed by atoms with Crippen molar-refractivity contribution in [1.29, 1.82) is 0 Å². The zero-order chi connectivity index (χ0) is 16.4. The van der Waals surface area contributed by atoms with E-state index in [0.29, 0.717) is 18.4 Å². The Morgan fingerprint density at radius 1 is 1.30 bits per heavy atom. The third kappa shape index (κ3) is 3.24. The molecule has 0 radical (unpaired) electrons. The van der Waals surface area contributed by atoms with Gasteiger partial charge in [-0.25, -0.2) is 0 Å². The maximum Gasteiger partial charge on any atom is 0.251 e. The zero-order valence-electron chi connectivity index (χ0n) is 13.5. The van der Waals surface area contributed by atoms with Crippen LogP contribution in [0.25, 0.3) is 0 Å². The van der Waals surface area contributed by atoms with E-state index in [1.807, 2.05) is 12.1 Å². The van der Waals surface area contributed by atoms with Gasteiger partial charge in [-0.1, -0.05) is 12.8 Å². The van der Waals surface area contributed by atoms with Crippen LogP contribution in [0.3, 0.4) is 0 Å². The van der Waals surface area contributed by atoms with Gasteiger partial charge in [0.25, 0.3) is 5.91 Å². The van der Waals surface area contributed by atoms with E-state index in [-0.39, 0.29) is 30.4 Å². The van der Waals surface area contributed by atoms with Crippen LogP contribution < -0.4 is 10.2 Å². The number of nitrogens with one attached hydrogen (secondary N) is 1. The third-order valence-corrected chi connectivity index (χ3v) is 5.15. The summed E-state index contributed by atoms with van der Waals surface area (Å²) in [5, 5.41) is 12.6. The van der Waals surface area contributed by atoms with Crippen LogP contribution in [0.1, 0.15) is 48.0 Å². The number of aliphatic hydroxyl groups is 1. The first kappa shape index (κ1) is 16.0. The summed E-state index contributed by atoms with van der Waals surface area (Å²) in [6.45, 7) is 0.127. The Morgan fingerprint density at radius 3 is 2.87 bits per heavy atom. The normalized spacial score (nSPS) is 24.3. The van der Waals surface area contributed by atoms with Crippen molar-refractivity contribution in [2.45, 2.75) is 44.6 Å². The molecule has 0 aromatic heterocycles. The Bertz CT molecular complexity index is 614. The van der Waals surface area contributed by atoms with E-state index in [9.17, 15) is 14.7 Å². The van der Waals surface area contributed by atoms with Crippen LogP contribution in [-0.4, -0.2) is 36.6 Å². The third-order valence-electron chi connectivity index (χ3n) is 5.15. The molecule has 2 unspecified atom stereocenters. The van der Waals surface area contributed by atoms with Crippen molar-refractivity contribution in [3.63, 3.8) is 0 Å². The Balaban J connectivity index is 1.74. The molecular formula is C18H24N2O3. The highest BCUT2D eigenvalue weighted by molar-refractivity contribution is 5.99. The zero-order valence-corrected chi connectivity index (χ0v) is 13.5. The first-order valence-electron chi connectivity index (χ1n) is 8.41. The van der Waals surface area contributed by atoms with E-state index in [0.717, 1.165) is 36.9 Å². The number of nitrogens with zero attached hydrogens (tertiary/aromatic N) is 1. The Labute approximate surface area is 136 Å². The number of carbonyl (C=O) groups is 2. The summed E-state index contributed by atoms with van der Waals surface area (Å²) in [7, 11) is 1.77. The highest BCUT2D eigenvalue weighted by Crippen LogP contribution is 2.28.